The van der Waals surface area contributed by atoms with E-state index >= 15 is 0 Å². The van der Waals surface area contributed by atoms with Crippen LogP contribution in [0.2, 0.25) is 0 Å². The first-order chi connectivity index (χ1) is 15.6. The van der Waals surface area contributed by atoms with Crippen molar-refractivity contribution in [1.82, 2.24) is 19.9 Å². The van der Waals surface area contributed by atoms with E-state index in [4.69, 9.17) is 9.97 Å². The van der Waals surface area contributed by atoms with E-state index in [2.05, 4.69) is 33.9 Å². The molecule has 2 aromatic rings. The first kappa shape index (κ1) is 21.6. The Labute approximate surface area is 194 Å². The summed E-state index contributed by atoms with van der Waals surface area (Å²) in [5.74, 6) is 2.36. The van der Waals surface area contributed by atoms with Crippen molar-refractivity contribution in [3.05, 3.63) is 22.3 Å². The molecule has 2 unspecified atom stereocenters. The highest BCUT2D eigenvalue weighted by molar-refractivity contribution is 7.15. The fraction of sp³-hybridized carbons (Fsp3) is 0.667. The number of likely N-dealkylation sites (tertiary alicyclic amines) is 1. The summed E-state index contributed by atoms with van der Waals surface area (Å²) in [5, 5.41) is 4.40. The van der Waals surface area contributed by atoms with E-state index in [-0.39, 0.29) is 11.9 Å². The van der Waals surface area contributed by atoms with Crippen LogP contribution < -0.4 is 10.2 Å². The molecule has 32 heavy (non-hydrogen) atoms. The molecule has 0 radical (unpaired) electrons. The number of aromatic nitrogens is 3. The molecule has 0 spiro atoms. The molecule has 4 heterocycles. The molecule has 2 saturated heterocycles. The number of aryl methyl sites for hydroxylation is 1. The molecule has 3 aliphatic rings. The van der Waals surface area contributed by atoms with E-state index in [1.54, 1.807) is 11.3 Å². The number of amides is 1. The summed E-state index contributed by atoms with van der Waals surface area (Å²) in [6, 6.07) is -0.128. The van der Waals surface area contributed by atoms with Crippen LogP contribution in [0.25, 0.3) is 0 Å². The SMILES string of the molecule is CCC(C)c1cnc(Nc2nc(N3CCCC3C(=O)N3CCCCC3)nc3c2CCC3)s1. The summed E-state index contributed by atoms with van der Waals surface area (Å²) in [6.07, 6.45) is 11.5. The lowest BCUT2D eigenvalue weighted by molar-refractivity contribution is -0.133. The summed E-state index contributed by atoms with van der Waals surface area (Å²) in [7, 11) is 0. The van der Waals surface area contributed by atoms with Crippen LogP contribution in [0, 0.1) is 0 Å². The fourth-order valence-corrected chi connectivity index (χ4v) is 6.06. The average Bonchev–Trinajstić information content (AvgIpc) is 3.59. The van der Waals surface area contributed by atoms with E-state index < -0.39 is 0 Å². The molecular formula is C24H34N6OS. The van der Waals surface area contributed by atoms with Gasteiger partial charge >= 0.3 is 0 Å². The first-order valence-corrected chi connectivity index (χ1v) is 13.1. The average molecular weight is 455 g/mol. The second-order valence-electron chi connectivity index (χ2n) is 9.39. The minimum Gasteiger partial charge on any atom is -0.341 e. The summed E-state index contributed by atoms with van der Waals surface area (Å²) in [4.78, 5) is 33.3. The van der Waals surface area contributed by atoms with Gasteiger partial charge < -0.3 is 15.1 Å². The zero-order chi connectivity index (χ0) is 22.1. The number of nitrogens with zero attached hydrogens (tertiary/aromatic N) is 5. The molecule has 2 fully saturated rings. The molecule has 172 valence electrons. The van der Waals surface area contributed by atoms with Gasteiger partial charge in [-0.05, 0) is 63.7 Å². The number of rotatable bonds is 6. The van der Waals surface area contributed by atoms with Gasteiger partial charge in [0.15, 0.2) is 5.13 Å². The number of nitrogens with one attached hydrogen (secondary N) is 1. The highest BCUT2D eigenvalue weighted by Gasteiger charge is 2.36. The largest absolute Gasteiger partial charge is 0.341 e. The Balaban J connectivity index is 1.41. The molecular weight excluding hydrogens is 420 g/mol. The fourth-order valence-electron chi connectivity index (χ4n) is 5.11. The van der Waals surface area contributed by atoms with Crippen molar-refractivity contribution in [3.63, 3.8) is 0 Å². The van der Waals surface area contributed by atoms with Gasteiger partial charge in [0.25, 0.3) is 0 Å². The van der Waals surface area contributed by atoms with Gasteiger partial charge in [-0.25, -0.2) is 9.97 Å². The van der Waals surface area contributed by atoms with Crippen molar-refractivity contribution in [2.24, 2.45) is 0 Å². The molecule has 2 aromatic heterocycles. The molecule has 0 aromatic carbocycles. The Morgan fingerprint density at radius 2 is 2.00 bits per heavy atom. The quantitative estimate of drug-likeness (QED) is 0.684. The summed E-state index contributed by atoms with van der Waals surface area (Å²) < 4.78 is 0. The van der Waals surface area contributed by atoms with Crippen LogP contribution in [0.4, 0.5) is 16.9 Å². The monoisotopic (exact) mass is 454 g/mol. The maximum atomic E-state index is 13.3. The topological polar surface area (TPSA) is 74.2 Å². The lowest BCUT2D eigenvalue weighted by Gasteiger charge is -2.32. The Morgan fingerprint density at radius 3 is 2.81 bits per heavy atom. The van der Waals surface area contributed by atoms with Crippen LogP contribution in [0.1, 0.15) is 80.8 Å². The number of hydrogen-bond donors (Lipinski definition) is 1. The van der Waals surface area contributed by atoms with Crippen LogP contribution in [-0.4, -0.2) is 51.4 Å². The van der Waals surface area contributed by atoms with E-state index in [9.17, 15) is 4.79 Å². The van der Waals surface area contributed by atoms with Crippen molar-refractivity contribution >= 4 is 34.1 Å². The number of piperidine rings is 1. The summed E-state index contributed by atoms with van der Waals surface area (Å²) in [6.45, 7) is 7.08. The second-order valence-corrected chi connectivity index (χ2v) is 10.5. The number of carbonyl (C=O) groups excluding carboxylic acids is 1. The molecule has 0 bridgehead atoms. The van der Waals surface area contributed by atoms with Gasteiger partial charge in [0.05, 0.1) is 5.69 Å². The first-order valence-electron chi connectivity index (χ1n) is 12.3. The molecule has 2 atom stereocenters. The maximum Gasteiger partial charge on any atom is 0.245 e. The van der Waals surface area contributed by atoms with Gasteiger partial charge in [-0.15, -0.1) is 11.3 Å². The van der Waals surface area contributed by atoms with Crippen LogP contribution in [0.3, 0.4) is 0 Å². The molecule has 1 amide bonds. The van der Waals surface area contributed by atoms with Gasteiger partial charge in [-0.1, -0.05) is 13.8 Å². The van der Waals surface area contributed by atoms with E-state index in [1.807, 2.05) is 6.20 Å². The second kappa shape index (κ2) is 9.33. The van der Waals surface area contributed by atoms with Crippen LogP contribution >= 0.6 is 11.3 Å². The zero-order valence-electron chi connectivity index (χ0n) is 19.3. The highest BCUT2D eigenvalue weighted by Crippen LogP contribution is 2.35. The Morgan fingerprint density at radius 1 is 1.16 bits per heavy atom. The van der Waals surface area contributed by atoms with Crippen molar-refractivity contribution < 1.29 is 4.79 Å². The van der Waals surface area contributed by atoms with Gasteiger partial charge in [-0.2, -0.15) is 4.98 Å². The van der Waals surface area contributed by atoms with E-state index in [0.717, 1.165) is 87.6 Å². The van der Waals surface area contributed by atoms with Crippen molar-refractivity contribution in [1.29, 1.82) is 0 Å². The van der Waals surface area contributed by atoms with Crippen molar-refractivity contribution in [2.75, 3.05) is 29.9 Å². The lowest BCUT2D eigenvalue weighted by Crippen LogP contribution is -2.48. The van der Waals surface area contributed by atoms with Gasteiger partial charge in [0.2, 0.25) is 11.9 Å². The van der Waals surface area contributed by atoms with Gasteiger partial charge in [-0.3, -0.25) is 4.79 Å². The predicted molar refractivity (Wildman–Crippen MR) is 129 cm³/mol. The van der Waals surface area contributed by atoms with Crippen LogP contribution in [0.15, 0.2) is 6.20 Å². The zero-order valence-corrected chi connectivity index (χ0v) is 20.1. The number of anilines is 3. The number of hydrogen-bond acceptors (Lipinski definition) is 7. The molecule has 5 rings (SSSR count). The third-order valence-electron chi connectivity index (χ3n) is 7.23. The standard InChI is InChI=1S/C24H34N6OS/c1-3-16(2)20-15-25-24(32-20)28-21-17-9-7-10-18(17)26-23(27-21)30-14-8-11-19(30)22(31)29-12-5-4-6-13-29/h15-16,19H,3-14H2,1-2H3,(H,25,26,27,28). The van der Waals surface area contributed by atoms with Crippen LogP contribution in [-0.2, 0) is 17.6 Å². The van der Waals surface area contributed by atoms with E-state index in [1.165, 1.54) is 16.9 Å². The smallest absolute Gasteiger partial charge is 0.245 e. The number of thiazole rings is 1. The molecule has 7 nitrogen and oxygen atoms in total. The van der Waals surface area contributed by atoms with Crippen molar-refractivity contribution in [2.45, 2.75) is 83.6 Å². The normalized spacial score (nSPS) is 21.6. The molecule has 0 saturated carbocycles. The summed E-state index contributed by atoms with van der Waals surface area (Å²) in [5.41, 5.74) is 2.35. The van der Waals surface area contributed by atoms with Gasteiger partial charge in [0, 0.05) is 36.3 Å². The lowest BCUT2D eigenvalue weighted by atomic mass is 10.1. The van der Waals surface area contributed by atoms with Crippen molar-refractivity contribution in [3.8, 4) is 0 Å². The minimum atomic E-state index is -0.128. The maximum absolute atomic E-state index is 13.3. The minimum absolute atomic E-state index is 0.128. The Bertz CT molecular complexity index is 969. The molecule has 1 aliphatic carbocycles. The Hall–Kier alpha value is -2.22. The molecule has 1 N–H and O–H groups in total. The molecule has 2 aliphatic heterocycles. The summed E-state index contributed by atoms with van der Waals surface area (Å²) >= 11 is 1.71. The van der Waals surface area contributed by atoms with Gasteiger partial charge in [0.1, 0.15) is 11.9 Å². The number of carbonyl (C=O) groups is 1. The predicted octanol–water partition coefficient (Wildman–Crippen LogP) is 4.66. The third-order valence-corrected chi connectivity index (χ3v) is 8.38. The highest BCUT2D eigenvalue weighted by atomic mass is 32.1. The molecule has 8 heteroatoms. The number of fused-ring (bicyclic) bond motifs is 1. The Kier molecular flexibility index (Phi) is 6.31. The van der Waals surface area contributed by atoms with Crippen LogP contribution in [0.5, 0.6) is 0 Å². The third kappa shape index (κ3) is 4.21. The van der Waals surface area contributed by atoms with E-state index in [0.29, 0.717) is 11.9 Å².